The molecule has 1 saturated carbocycles. The highest BCUT2D eigenvalue weighted by Crippen LogP contribution is 2.50. The fourth-order valence-corrected chi connectivity index (χ4v) is 4.93. The predicted molar refractivity (Wildman–Crippen MR) is 103 cm³/mol. The average Bonchev–Trinajstić information content (AvgIpc) is 3.10. The number of fused-ring (bicyclic) bond motifs is 3. The maximum Gasteiger partial charge on any atom is 0.313 e. The van der Waals surface area contributed by atoms with Crippen molar-refractivity contribution in [2.75, 3.05) is 7.11 Å². The number of carbonyl (C=O) groups excluding carboxylic acids is 1. The fraction of sp³-hybridized carbons (Fsp3) is 0.522. The molecule has 4 nitrogen and oxygen atoms in total. The van der Waals surface area contributed by atoms with E-state index in [4.69, 9.17) is 14.2 Å². The third-order valence-electron chi connectivity index (χ3n) is 6.67. The molecule has 0 spiro atoms. The van der Waals surface area contributed by atoms with Gasteiger partial charge in [-0.15, -0.1) is 0 Å². The quantitative estimate of drug-likeness (QED) is 0.743. The average molecular weight is 368 g/mol. The maximum absolute atomic E-state index is 12.1. The maximum atomic E-state index is 12.1. The molecule has 1 heterocycles. The summed E-state index contributed by atoms with van der Waals surface area (Å²) in [6.07, 6.45) is 5.35. The van der Waals surface area contributed by atoms with Crippen LogP contribution >= 0.6 is 0 Å². The molecule has 1 aromatic carbocycles. The molecule has 1 saturated heterocycles. The van der Waals surface area contributed by atoms with E-state index < -0.39 is 0 Å². The zero-order valence-electron chi connectivity index (χ0n) is 16.5. The van der Waals surface area contributed by atoms with Crippen LogP contribution in [0, 0.1) is 23.7 Å². The van der Waals surface area contributed by atoms with Gasteiger partial charge in [-0.25, -0.2) is 0 Å². The van der Waals surface area contributed by atoms with E-state index in [1.165, 1.54) is 5.57 Å². The van der Waals surface area contributed by atoms with Crippen LogP contribution in [-0.2, 0) is 20.9 Å². The van der Waals surface area contributed by atoms with Gasteiger partial charge < -0.3 is 14.2 Å². The second-order valence-electron chi connectivity index (χ2n) is 8.13. The Morgan fingerprint density at radius 3 is 2.59 bits per heavy atom. The summed E-state index contributed by atoms with van der Waals surface area (Å²) in [6, 6.07) is 8.01. The second kappa shape index (κ2) is 7.16. The van der Waals surface area contributed by atoms with Gasteiger partial charge in [-0.3, -0.25) is 4.79 Å². The molecule has 3 aliphatic rings. The highest BCUT2D eigenvalue weighted by Gasteiger charge is 2.52. The minimum atomic E-state index is -0.135. The van der Waals surface area contributed by atoms with Crippen LogP contribution in [0.2, 0.25) is 0 Å². The first-order chi connectivity index (χ1) is 13.0. The van der Waals surface area contributed by atoms with Gasteiger partial charge in [0.25, 0.3) is 0 Å². The second-order valence-corrected chi connectivity index (χ2v) is 8.13. The minimum absolute atomic E-state index is 0.0900. The molecule has 0 radical (unpaired) electrons. The molecule has 27 heavy (non-hydrogen) atoms. The van der Waals surface area contributed by atoms with Crippen molar-refractivity contribution in [3.8, 4) is 5.75 Å². The van der Waals surface area contributed by atoms with E-state index >= 15 is 0 Å². The van der Waals surface area contributed by atoms with Crippen LogP contribution in [0.25, 0.3) is 0 Å². The van der Waals surface area contributed by atoms with Crippen molar-refractivity contribution in [2.45, 2.75) is 46.0 Å². The zero-order chi connectivity index (χ0) is 19.1. The van der Waals surface area contributed by atoms with E-state index in [2.05, 4.69) is 26.0 Å². The van der Waals surface area contributed by atoms with Gasteiger partial charge >= 0.3 is 5.97 Å². The van der Waals surface area contributed by atoms with Gasteiger partial charge in [-0.2, -0.15) is 0 Å². The highest BCUT2D eigenvalue weighted by molar-refractivity contribution is 5.79. The molecule has 4 rings (SSSR count). The number of methoxy groups -OCH3 is 1. The Hall–Kier alpha value is -2.07. The molecule has 0 N–H and O–H groups in total. The number of carbonyl (C=O) groups is 1. The molecule has 0 aromatic heterocycles. The Kier molecular flexibility index (Phi) is 4.85. The van der Waals surface area contributed by atoms with Crippen LogP contribution in [0.1, 0.15) is 32.8 Å². The van der Waals surface area contributed by atoms with Gasteiger partial charge in [0.1, 0.15) is 11.9 Å². The topological polar surface area (TPSA) is 44.8 Å². The molecule has 2 fully saturated rings. The summed E-state index contributed by atoms with van der Waals surface area (Å²) in [4.78, 5) is 12.1. The Balaban J connectivity index is 1.49. The number of esters is 1. The first-order valence-electron chi connectivity index (χ1n) is 9.83. The molecular weight excluding hydrogens is 340 g/mol. The summed E-state index contributed by atoms with van der Waals surface area (Å²) in [5.74, 6) is 1.66. The standard InChI is InChI=1S/C23H28O4/c1-13-5-10-18-14(2)23(24)27-22(18)21-15(3)20(11-19(13)21)26-12-16-6-8-17(25-4)9-7-16/h5-10,14-15,19-22H,11-12H2,1-4H3/t14-,15+,19-,20+,21-,22+/m1/s1. The summed E-state index contributed by atoms with van der Waals surface area (Å²) in [6.45, 7) is 6.98. The molecular formula is C23H28O4. The van der Waals surface area contributed by atoms with E-state index in [1.54, 1.807) is 7.11 Å². The Bertz CT molecular complexity index is 776. The van der Waals surface area contributed by atoms with Gasteiger partial charge in [-0.05, 0) is 55.4 Å². The number of hydrogen-bond acceptors (Lipinski definition) is 4. The molecule has 0 amide bonds. The lowest BCUT2D eigenvalue weighted by molar-refractivity contribution is -0.146. The van der Waals surface area contributed by atoms with E-state index in [0.717, 1.165) is 23.3 Å². The third kappa shape index (κ3) is 3.20. The molecule has 1 aliphatic heterocycles. The largest absolute Gasteiger partial charge is 0.497 e. The predicted octanol–water partition coefficient (Wildman–Crippen LogP) is 4.30. The first kappa shape index (κ1) is 18.3. The fourth-order valence-electron chi connectivity index (χ4n) is 4.93. The van der Waals surface area contributed by atoms with Crippen molar-refractivity contribution in [2.24, 2.45) is 23.7 Å². The smallest absolute Gasteiger partial charge is 0.313 e. The van der Waals surface area contributed by atoms with Crippen LogP contribution in [0.4, 0.5) is 0 Å². The number of benzene rings is 1. The lowest BCUT2D eigenvalue weighted by atomic mass is 9.80. The van der Waals surface area contributed by atoms with E-state index in [0.29, 0.717) is 24.4 Å². The molecule has 1 aromatic rings. The number of hydrogen-bond donors (Lipinski definition) is 0. The van der Waals surface area contributed by atoms with Gasteiger partial charge in [0, 0.05) is 5.92 Å². The number of ether oxygens (including phenoxy) is 3. The lowest BCUT2D eigenvalue weighted by Crippen LogP contribution is -2.31. The molecule has 0 unspecified atom stereocenters. The van der Waals surface area contributed by atoms with Gasteiger partial charge in [-0.1, -0.05) is 36.8 Å². The van der Waals surface area contributed by atoms with Gasteiger partial charge in [0.15, 0.2) is 0 Å². The van der Waals surface area contributed by atoms with Gasteiger partial charge in [0.2, 0.25) is 0 Å². The molecule has 6 atom stereocenters. The normalized spacial score (nSPS) is 34.9. The summed E-state index contributed by atoms with van der Waals surface area (Å²) in [5, 5.41) is 0. The highest BCUT2D eigenvalue weighted by atomic mass is 16.6. The molecule has 144 valence electrons. The van der Waals surface area contributed by atoms with Crippen LogP contribution in [0.15, 0.2) is 47.6 Å². The van der Waals surface area contributed by atoms with Crippen LogP contribution in [-0.4, -0.2) is 25.3 Å². The lowest BCUT2D eigenvalue weighted by Gasteiger charge is -2.28. The minimum Gasteiger partial charge on any atom is -0.497 e. The van der Waals surface area contributed by atoms with Crippen molar-refractivity contribution in [3.05, 3.63) is 53.1 Å². The van der Waals surface area contributed by atoms with E-state index in [9.17, 15) is 4.79 Å². The Morgan fingerprint density at radius 2 is 1.89 bits per heavy atom. The third-order valence-corrected chi connectivity index (χ3v) is 6.67. The van der Waals surface area contributed by atoms with Crippen molar-refractivity contribution in [1.82, 2.24) is 0 Å². The monoisotopic (exact) mass is 368 g/mol. The Labute approximate surface area is 161 Å². The number of rotatable bonds is 4. The van der Waals surface area contributed by atoms with Crippen molar-refractivity contribution >= 4 is 5.97 Å². The van der Waals surface area contributed by atoms with Crippen molar-refractivity contribution in [1.29, 1.82) is 0 Å². The molecule has 4 heteroatoms. The molecule has 2 aliphatic carbocycles. The number of allylic oxidation sites excluding steroid dienone is 3. The van der Waals surface area contributed by atoms with E-state index in [1.807, 2.05) is 31.2 Å². The Morgan fingerprint density at radius 1 is 1.15 bits per heavy atom. The summed E-state index contributed by atoms with van der Waals surface area (Å²) >= 11 is 0. The van der Waals surface area contributed by atoms with Crippen LogP contribution < -0.4 is 4.74 Å². The summed E-state index contributed by atoms with van der Waals surface area (Å²) in [5.41, 5.74) is 3.64. The van der Waals surface area contributed by atoms with Crippen LogP contribution in [0.3, 0.4) is 0 Å². The van der Waals surface area contributed by atoms with Crippen molar-refractivity contribution in [3.63, 3.8) is 0 Å². The van der Waals surface area contributed by atoms with Crippen LogP contribution in [0.5, 0.6) is 5.75 Å². The molecule has 0 bridgehead atoms. The first-order valence-corrected chi connectivity index (χ1v) is 9.83. The van der Waals surface area contributed by atoms with E-state index in [-0.39, 0.29) is 24.1 Å². The summed E-state index contributed by atoms with van der Waals surface area (Å²) in [7, 11) is 1.67. The SMILES string of the molecule is COc1ccc(CO[C@H]2C[C@@H]3C(C)=CC=C4[C@@H](C)C(=O)O[C@@H]4[C@@H]3[C@H]2C)cc1. The van der Waals surface area contributed by atoms with Gasteiger partial charge in [0.05, 0.1) is 25.7 Å². The summed E-state index contributed by atoms with van der Waals surface area (Å²) < 4.78 is 17.4. The zero-order valence-corrected chi connectivity index (χ0v) is 16.5. The van der Waals surface area contributed by atoms with Crippen molar-refractivity contribution < 1.29 is 19.0 Å².